The normalized spacial score (nSPS) is 43.7. The Bertz CT molecular complexity index is 247. The summed E-state index contributed by atoms with van der Waals surface area (Å²) < 4.78 is 11.9. The molecule has 1 aliphatic heterocycles. The summed E-state index contributed by atoms with van der Waals surface area (Å²) in [6, 6.07) is 0. The predicted octanol–water partition coefficient (Wildman–Crippen LogP) is 3.13. The highest BCUT2D eigenvalue weighted by molar-refractivity contribution is 4.94. The van der Waals surface area contributed by atoms with Gasteiger partial charge in [0.1, 0.15) is 0 Å². The van der Waals surface area contributed by atoms with Crippen LogP contribution in [0.4, 0.5) is 0 Å². The van der Waals surface area contributed by atoms with Gasteiger partial charge in [-0.15, -0.1) is 6.58 Å². The average molecular weight is 210 g/mol. The van der Waals surface area contributed by atoms with Crippen LogP contribution in [0.3, 0.4) is 0 Å². The van der Waals surface area contributed by atoms with Gasteiger partial charge in [0.2, 0.25) is 0 Å². The molecule has 1 saturated carbocycles. The Morgan fingerprint density at radius 1 is 1.33 bits per heavy atom. The molecule has 0 aromatic heterocycles. The van der Waals surface area contributed by atoms with Crippen molar-refractivity contribution in [3.63, 3.8) is 0 Å². The summed E-state index contributed by atoms with van der Waals surface area (Å²) >= 11 is 0. The summed E-state index contributed by atoms with van der Waals surface area (Å²) in [5.41, 5.74) is 0. The van der Waals surface area contributed by atoms with Gasteiger partial charge >= 0.3 is 0 Å². The smallest absolute Gasteiger partial charge is 0.163 e. The lowest BCUT2D eigenvalue weighted by Crippen LogP contribution is -2.45. The van der Waals surface area contributed by atoms with Crippen LogP contribution in [0.2, 0.25) is 0 Å². The minimum Gasteiger partial charge on any atom is -0.347 e. The molecule has 2 nitrogen and oxygen atoms in total. The van der Waals surface area contributed by atoms with Gasteiger partial charge in [-0.3, -0.25) is 0 Å². The second-order valence-electron chi connectivity index (χ2n) is 5.43. The molecule has 1 aliphatic carbocycles. The molecule has 0 unspecified atom stereocenters. The fourth-order valence-corrected chi connectivity index (χ4v) is 2.61. The summed E-state index contributed by atoms with van der Waals surface area (Å²) in [5.74, 6) is 1.19. The first-order chi connectivity index (χ1) is 7.02. The van der Waals surface area contributed by atoms with Crippen LogP contribution in [0, 0.1) is 11.8 Å². The molecule has 15 heavy (non-hydrogen) atoms. The fraction of sp³-hybridized carbons (Fsp3) is 0.846. The molecule has 0 spiro atoms. The van der Waals surface area contributed by atoms with Crippen molar-refractivity contribution in [2.75, 3.05) is 0 Å². The largest absolute Gasteiger partial charge is 0.347 e. The van der Waals surface area contributed by atoms with Gasteiger partial charge in [-0.2, -0.15) is 0 Å². The summed E-state index contributed by atoms with van der Waals surface area (Å²) in [7, 11) is 0. The van der Waals surface area contributed by atoms with E-state index in [0.717, 1.165) is 24.7 Å². The Morgan fingerprint density at radius 3 is 2.53 bits per heavy atom. The third-order valence-electron chi connectivity index (χ3n) is 3.46. The van der Waals surface area contributed by atoms with Crippen molar-refractivity contribution in [1.82, 2.24) is 0 Å². The van der Waals surface area contributed by atoms with Crippen LogP contribution in [-0.2, 0) is 9.47 Å². The van der Waals surface area contributed by atoms with Crippen molar-refractivity contribution in [2.45, 2.75) is 58.0 Å². The van der Waals surface area contributed by atoms with Crippen molar-refractivity contribution >= 4 is 0 Å². The van der Waals surface area contributed by atoms with E-state index in [1.54, 1.807) is 0 Å². The van der Waals surface area contributed by atoms with Crippen LogP contribution in [0.25, 0.3) is 0 Å². The van der Waals surface area contributed by atoms with Crippen molar-refractivity contribution < 1.29 is 9.47 Å². The average Bonchev–Trinajstić information content (AvgIpc) is 2.80. The Balaban J connectivity index is 1.97. The predicted molar refractivity (Wildman–Crippen MR) is 60.5 cm³/mol. The van der Waals surface area contributed by atoms with Gasteiger partial charge in [0.15, 0.2) is 5.79 Å². The van der Waals surface area contributed by atoms with E-state index in [0.29, 0.717) is 12.2 Å². The quantitative estimate of drug-likeness (QED) is 0.666. The van der Waals surface area contributed by atoms with Crippen molar-refractivity contribution in [2.24, 2.45) is 11.8 Å². The van der Waals surface area contributed by atoms with Crippen LogP contribution in [-0.4, -0.2) is 18.0 Å². The van der Waals surface area contributed by atoms with Crippen molar-refractivity contribution in [1.29, 1.82) is 0 Å². The topological polar surface area (TPSA) is 18.5 Å². The van der Waals surface area contributed by atoms with E-state index < -0.39 is 5.79 Å². The van der Waals surface area contributed by atoms with Crippen LogP contribution in [0.15, 0.2) is 12.7 Å². The van der Waals surface area contributed by atoms with E-state index in [2.05, 4.69) is 13.5 Å². The summed E-state index contributed by atoms with van der Waals surface area (Å²) in [4.78, 5) is 0. The van der Waals surface area contributed by atoms with Gasteiger partial charge in [-0.05, 0) is 38.5 Å². The van der Waals surface area contributed by atoms with E-state index in [9.17, 15) is 0 Å². The molecule has 4 atom stereocenters. The Labute approximate surface area is 92.6 Å². The minimum absolute atomic E-state index is 0.295. The van der Waals surface area contributed by atoms with Crippen LogP contribution >= 0.6 is 0 Å². The highest BCUT2D eigenvalue weighted by atomic mass is 16.7. The van der Waals surface area contributed by atoms with E-state index in [1.165, 1.54) is 6.42 Å². The SMILES string of the molecule is C=CC[C@H]1C[C@@H]([C@@H]2C[C@H]2C)OC(C)(C)O1. The van der Waals surface area contributed by atoms with Crippen LogP contribution in [0.1, 0.15) is 40.0 Å². The zero-order chi connectivity index (χ0) is 11.1. The second kappa shape index (κ2) is 3.91. The highest BCUT2D eigenvalue weighted by Gasteiger charge is 2.46. The first-order valence-electron chi connectivity index (χ1n) is 5.98. The standard InChI is InChI=1S/C13H22O2/c1-5-6-10-8-12(11-7-9(11)2)15-13(3,4)14-10/h5,9-12H,1,6-8H2,2-4H3/t9-,10+,11-,12+/m1/s1. The molecule has 0 N–H and O–H groups in total. The first kappa shape index (κ1) is 11.2. The number of hydrogen-bond acceptors (Lipinski definition) is 2. The molecule has 86 valence electrons. The van der Waals surface area contributed by atoms with Crippen LogP contribution in [0.5, 0.6) is 0 Å². The van der Waals surface area contributed by atoms with E-state index >= 15 is 0 Å². The first-order valence-corrected chi connectivity index (χ1v) is 5.98. The Morgan fingerprint density at radius 2 is 2.00 bits per heavy atom. The maximum atomic E-state index is 5.99. The van der Waals surface area contributed by atoms with Crippen molar-refractivity contribution in [3.8, 4) is 0 Å². The molecule has 0 aromatic carbocycles. The van der Waals surface area contributed by atoms with Gasteiger partial charge in [0, 0.05) is 6.42 Å². The molecular formula is C13H22O2. The monoisotopic (exact) mass is 210 g/mol. The number of ether oxygens (including phenoxy) is 2. The third kappa shape index (κ3) is 2.61. The zero-order valence-corrected chi connectivity index (χ0v) is 10.0. The Kier molecular flexibility index (Phi) is 2.91. The maximum Gasteiger partial charge on any atom is 0.163 e. The molecule has 0 bridgehead atoms. The van der Waals surface area contributed by atoms with Crippen molar-refractivity contribution in [3.05, 3.63) is 12.7 Å². The number of rotatable bonds is 3. The molecule has 0 radical (unpaired) electrons. The maximum absolute atomic E-state index is 5.99. The Hall–Kier alpha value is -0.340. The van der Waals surface area contributed by atoms with Gasteiger partial charge in [0.05, 0.1) is 12.2 Å². The lowest BCUT2D eigenvalue weighted by atomic mass is 10.0. The zero-order valence-electron chi connectivity index (χ0n) is 10.0. The van der Waals surface area contributed by atoms with E-state index in [1.807, 2.05) is 19.9 Å². The third-order valence-corrected chi connectivity index (χ3v) is 3.46. The lowest BCUT2D eigenvalue weighted by Gasteiger charge is -2.41. The summed E-state index contributed by atoms with van der Waals surface area (Å²) in [6.07, 6.45) is 5.92. The van der Waals surface area contributed by atoms with Crippen LogP contribution < -0.4 is 0 Å². The summed E-state index contributed by atoms with van der Waals surface area (Å²) in [6.45, 7) is 10.1. The molecule has 2 aliphatic rings. The van der Waals surface area contributed by atoms with Gasteiger partial charge in [-0.1, -0.05) is 13.0 Å². The van der Waals surface area contributed by atoms with Gasteiger partial charge in [-0.25, -0.2) is 0 Å². The van der Waals surface area contributed by atoms with E-state index in [4.69, 9.17) is 9.47 Å². The lowest BCUT2D eigenvalue weighted by molar-refractivity contribution is -0.302. The van der Waals surface area contributed by atoms with E-state index in [-0.39, 0.29) is 0 Å². The van der Waals surface area contributed by atoms with Gasteiger partial charge in [0.25, 0.3) is 0 Å². The molecule has 2 fully saturated rings. The minimum atomic E-state index is -0.418. The molecule has 2 rings (SSSR count). The second-order valence-corrected chi connectivity index (χ2v) is 5.43. The molecule has 1 heterocycles. The van der Waals surface area contributed by atoms with Gasteiger partial charge < -0.3 is 9.47 Å². The molecule has 2 heteroatoms. The highest BCUT2D eigenvalue weighted by Crippen LogP contribution is 2.46. The molecule has 0 amide bonds. The summed E-state index contributed by atoms with van der Waals surface area (Å²) in [5, 5.41) is 0. The fourth-order valence-electron chi connectivity index (χ4n) is 2.61. The molecule has 1 saturated heterocycles. The molecular weight excluding hydrogens is 188 g/mol. The number of hydrogen-bond donors (Lipinski definition) is 0. The molecule has 0 aromatic rings.